The van der Waals surface area contributed by atoms with E-state index in [1.54, 1.807) is 28.8 Å². The van der Waals surface area contributed by atoms with Crippen molar-refractivity contribution in [3.63, 3.8) is 0 Å². The van der Waals surface area contributed by atoms with Crippen molar-refractivity contribution in [2.24, 2.45) is 0 Å². The zero-order chi connectivity index (χ0) is 15.8. The maximum Gasteiger partial charge on any atom is 0.223 e. The fourth-order valence-corrected chi connectivity index (χ4v) is 2.87. The molecule has 0 spiro atoms. The lowest BCUT2D eigenvalue weighted by Gasteiger charge is -2.17. The van der Waals surface area contributed by atoms with Crippen LogP contribution in [0.3, 0.4) is 0 Å². The van der Waals surface area contributed by atoms with Crippen LogP contribution in [0.25, 0.3) is 0 Å². The van der Waals surface area contributed by atoms with E-state index < -0.39 is 0 Å². The highest BCUT2D eigenvalue weighted by molar-refractivity contribution is 7.99. The molecule has 0 atom stereocenters. The van der Waals surface area contributed by atoms with Gasteiger partial charge in [-0.05, 0) is 29.8 Å². The van der Waals surface area contributed by atoms with E-state index in [0.29, 0.717) is 18.5 Å². The summed E-state index contributed by atoms with van der Waals surface area (Å²) in [6.45, 7) is 0.570. The number of benzene rings is 2. The Morgan fingerprint density at radius 3 is 2.45 bits per heavy atom. The molecule has 0 saturated carbocycles. The van der Waals surface area contributed by atoms with E-state index in [-0.39, 0.29) is 5.91 Å². The molecule has 0 radical (unpaired) electrons. The summed E-state index contributed by atoms with van der Waals surface area (Å²) in [5.41, 5.74) is 1.67. The molecule has 0 aromatic heterocycles. The van der Waals surface area contributed by atoms with Crippen molar-refractivity contribution >= 4 is 17.7 Å². The molecular formula is C18H18N2OS. The van der Waals surface area contributed by atoms with Crippen LogP contribution < -0.4 is 0 Å². The maximum atomic E-state index is 12.1. The third-order valence-electron chi connectivity index (χ3n) is 3.26. The maximum absolute atomic E-state index is 12.1. The second-order valence-electron chi connectivity index (χ2n) is 4.97. The first kappa shape index (κ1) is 16.1. The van der Waals surface area contributed by atoms with Crippen molar-refractivity contribution < 1.29 is 4.79 Å². The van der Waals surface area contributed by atoms with E-state index in [1.165, 1.54) is 4.90 Å². The van der Waals surface area contributed by atoms with Crippen LogP contribution in [-0.2, 0) is 11.3 Å². The molecule has 0 unspecified atom stereocenters. The Morgan fingerprint density at radius 1 is 1.14 bits per heavy atom. The van der Waals surface area contributed by atoms with Gasteiger partial charge in [0.25, 0.3) is 0 Å². The van der Waals surface area contributed by atoms with Gasteiger partial charge in [-0.15, -0.1) is 11.8 Å². The van der Waals surface area contributed by atoms with Gasteiger partial charge in [-0.3, -0.25) is 4.79 Å². The molecule has 22 heavy (non-hydrogen) atoms. The van der Waals surface area contributed by atoms with Gasteiger partial charge in [0.2, 0.25) is 5.91 Å². The van der Waals surface area contributed by atoms with E-state index in [1.807, 2.05) is 37.4 Å². The Labute approximate surface area is 135 Å². The molecule has 0 aliphatic rings. The summed E-state index contributed by atoms with van der Waals surface area (Å²) in [5, 5.41) is 8.77. The van der Waals surface area contributed by atoms with Gasteiger partial charge < -0.3 is 4.90 Å². The summed E-state index contributed by atoms with van der Waals surface area (Å²) < 4.78 is 0. The minimum atomic E-state index is 0.132. The van der Waals surface area contributed by atoms with Crippen molar-refractivity contribution in [3.05, 3.63) is 65.7 Å². The van der Waals surface area contributed by atoms with E-state index >= 15 is 0 Å². The number of carbonyl (C=O) groups is 1. The molecule has 0 heterocycles. The lowest BCUT2D eigenvalue weighted by Crippen LogP contribution is -2.26. The molecule has 4 heteroatoms. The predicted octanol–water partition coefficient (Wildman–Crippen LogP) is 3.70. The lowest BCUT2D eigenvalue weighted by molar-refractivity contribution is -0.129. The monoisotopic (exact) mass is 310 g/mol. The summed E-state index contributed by atoms with van der Waals surface area (Å²) in [4.78, 5) is 15.0. The lowest BCUT2D eigenvalue weighted by atomic mass is 10.1. The zero-order valence-corrected chi connectivity index (χ0v) is 13.3. The number of amides is 1. The minimum absolute atomic E-state index is 0.132. The first-order chi connectivity index (χ1) is 10.7. The normalized spacial score (nSPS) is 10.0. The first-order valence-corrected chi connectivity index (χ1v) is 8.08. The topological polar surface area (TPSA) is 44.1 Å². The van der Waals surface area contributed by atoms with E-state index in [9.17, 15) is 4.79 Å². The summed E-state index contributed by atoms with van der Waals surface area (Å²) in [7, 11) is 1.81. The quantitative estimate of drug-likeness (QED) is 0.764. The van der Waals surface area contributed by atoms with Crippen LogP contribution >= 0.6 is 11.8 Å². The molecule has 0 saturated heterocycles. The van der Waals surface area contributed by atoms with Crippen molar-refractivity contribution in [1.29, 1.82) is 5.26 Å². The highest BCUT2D eigenvalue weighted by Crippen LogP contribution is 2.18. The third kappa shape index (κ3) is 4.94. The van der Waals surface area contributed by atoms with Crippen LogP contribution in [0.1, 0.15) is 17.5 Å². The van der Waals surface area contributed by atoms with Gasteiger partial charge in [0, 0.05) is 30.7 Å². The molecule has 2 aromatic rings. The summed E-state index contributed by atoms with van der Waals surface area (Å²) >= 11 is 1.69. The Morgan fingerprint density at radius 2 is 1.82 bits per heavy atom. The number of thioether (sulfide) groups is 1. The fraction of sp³-hybridized carbons (Fsp3) is 0.222. The largest absolute Gasteiger partial charge is 0.341 e. The highest BCUT2D eigenvalue weighted by atomic mass is 32.2. The molecule has 0 aliphatic heterocycles. The number of hydrogen-bond acceptors (Lipinski definition) is 3. The molecule has 2 rings (SSSR count). The standard InChI is InChI=1S/C18H18N2OS/c1-20(14-16-9-7-15(13-19)8-10-16)18(21)11-12-22-17-5-3-2-4-6-17/h2-10H,11-12,14H2,1H3. The smallest absolute Gasteiger partial charge is 0.223 e. The van der Waals surface area contributed by atoms with Crippen LogP contribution in [0, 0.1) is 11.3 Å². The van der Waals surface area contributed by atoms with Gasteiger partial charge in [0.05, 0.1) is 11.6 Å². The van der Waals surface area contributed by atoms with Crippen LogP contribution in [0.15, 0.2) is 59.5 Å². The zero-order valence-electron chi connectivity index (χ0n) is 12.5. The number of hydrogen-bond donors (Lipinski definition) is 0. The second-order valence-corrected chi connectivity index (χ2v) is 6.14. The van der Waals surface area contributed by atoms with Crippen molar-refractivity contribution in [2.75, 3.05) is 12.8 Å². The summed E-state index contributed by atoms with van der Waals surface area (Å²) in [5.74, 6) is 0.911. The molecule has 0 fully saturated rings. The van der Waals surface area contributed by atoms with Gasteiger partial charge in [0.15, 0.2) is 0 Å². The molecule has 0 bridgehead atoms. The number of nitrogens with zero attached hydrogens (tertiary/aromatic N) is 2. The summed E-state index contributed by atoms with van der Waals surface area (Å²) in [6, 6.07) is 19.5. The Balaban J connectivity index is 1.78. The number of carbonyl (C=O) groups excluding carboxylic acids is 1. The van der Waals surface area contributed by atoms with E-state index in [2.05, 4.69) is 18.2 Å². The van der Waals surface area contributed by atoms with Crippen LogP contribution in [-0.4, -0.2) is 23.6 Å². The molecule has 0 aliphatic carbocycles. The third-order valence-corrected chi connectivity index (χ3v) is 4.27. The molecule has 112 valence electrons. The first-order valence-electron chi connectivity index (χ1n) is 7.10. The molecule has 2 aromatic carbocycles. The Kier molecular flexibility index (Phi) is 6.05. The van der Waals surface area contributed by atoms with Crippen LogP contribution in [0.5, 0.6) is 0 Å². The van der Waals surface area contributed by atoms with Crippen molar-refractivity contribution in [3.8, 4) is 6.07 Å². The van der Waals surface area contributed by atoms with Crippen LogP contribution in [0.4, 0.5) is 0 Å². The molecule has 3 nitrogen and oxygen atoms in total. The number of nitriles is 1. The Bertz CT molecular complexity index is 647. The fourth-order valence-electron chi connectivity index (χ4n) is 2.01. The molecule has 0 N–H and O–H groups in total. The van der Waals surface area contributed by atoms with Gasteiger partial charge >= 0.3 is 0 Å². The minimum Gasteiger partial charge on any atom is -0.341 e. The highest BCUT2D eigenvalue weighted by Gasteiger charge is 2.09. The van der Waals surface area contributed by atoms with Gasteiger partial charge in [-0.2, -0.15) is 5.26 Å². The molecule has 1 amide bonds. The van der Waals surface area contributed by atoms with Crippen LogP contribution in [0.2, 0.25) is 0 Å². The van der Waals surface area contributed by atoms with Gasteiger partial charge in [0.1, 0.15) is 0 Å². The second kappa shape index (κ2) is 8.26. The predicted molar refractivity (Wildman–Crippen MR) is 89.4 cm³/mol. The van der Waals surface area contributed by atoms with Gasteiger partial charge in [-0.1, -0.05) is 30.3 Å². The van der Waals surface area contributed by atoms with Crippen molar-refractivity contribution in [1.82, 2.24) is 4.90 Å². The average Bonchev–Trinajstić information content (AvgIpc) is 2.56. The Hall–Kier alpha value is -2.25. The van der Waals surface area contributed by atoms with Gasteiger partial charge in [-0.25, -0.2) is 0 Å². The molecular weight excluding hydrogens is 292 g/mol. The summed E-state index contributed by atoms with van der Waals surface area (Å²) in [6.07, 6.45) is 0.520. The number of rotatable bonds is 6. The SMILES string of the molecule is CN(Cc1ccc(C#N)cc1)C(=O)CCSc1ccccc1. The van der Waals surface area contributed by atoms with E-state index in [4.69, 9.17) is 5.26 Å². The van der Waals surface area contributed by atoms with E-state index in [0.717, 1.165) is 11.3 Å². The average molecular weight is 310 g/mol. The van der Waals surface area contributed by atoms with Crippen molar-refractivity contribution in [2.45, 2.75) is 17.9 Å².